The minimum Gasteiger partial charge on any atom is -0.333 e. The number of carbonyl (C=O) groups is 1. The number of aromatic nitrogens is 4. The first-order valence-electron chi connectivity index (χ1n) is 10.3. The van der Waals surface area contributed by atoms with Crippen LogP contribution in [0.5, 0.6) is 0 Å². The highest BCUT2D eigenvalue weighted by Gasteiger charge is 2.21. The number of thiophene rings is 1. The molecule has 2 aromatic carbocycles. The number of carbonyl (C=O) groups excluding carboxylic acids is 1. The lowest BCUT2D eigenvalue weighted by atomic mass is 10.1. The lowest BCUT2D eigenvalue weighted by Gasteiger charge is -2.07. The molecule has 0 fully saturated rings. The highest BCUT2D eigenvalue weighted by Crippen LogP contribution is 2.35. The number of aryl methyl sites for hydroxylation is 2. The van der Waals surface area contributed by atoms with Crippen molar-refractivity contribution in [3.8, 4) is 22.2 Å². The second-order valence-corrected chi connectivity index (χ2v) is 8.76. The highest BCUT2D eigenvalue weighted by atomic mass is 32.1. The number of hydrogen-bond acceptors (Lipinski definition) is 7. The van der Waals surface area contributed by atoms with Gasteiger partial charge < -0.3 is 9.84 Å². The minimum atomic E-state index is -0.471. The molecule has 5 aromatic rings. The van der Waals surface area contributed by atoms with E-state index >= 15 is 0 Å². The Bertz CT molecular complexity index is 1600. The van der Waals surface area contributed by atoms with Crippen LogP contribution in [0, 0.1) is 19.7 Å². The van der Waals surface area contributed by atoms with Gasteiger partial charge in [-0.2, -0.15) is 4.98 Å². The molecule has 0 saturated heterocycles. The van der Waals surface area contributed by atoms with Crippen LogP contribution in [-0.4, -0.2) is 25.6 Å². The molecule has 0 aliphatic heterocycles. The highest BCUT2D eigenvalue weighted by molar-refractivity contribution is 7.22. The van der Waals surface area contributed by atoms with E-state index in [0.29, 0.717) is 38.1 Å². The lowest BCUT2D eigenvalue weighted by molar-refractivity contribution is -0.116. The first-order chi connectivity index (χ1) is 16.4. The topological polar surface area (TPSA) is 103 Å². The molecular weight excluding hydrogens is 457 g/mol. The van der Waals surface area contributed by atoms with Gasteiger partial charge in [0.05, 0.1) is 16.6 Å². The van der Waals surface area contributed by atoms with Crippen LogP contribution < -0.4 is 10.9 Å². The van der Waals surface area contributed by atoms with Crippen molar-refractivity contribution in [2.75, 3.05) is 5.32 Å². The molecule has 8 nitrogen and oxygen atoms in total. The quantitative estimate of drug-likeness (QED) is 0.399. The molecule has 1 N–H and O–H groups in total. The first kappa shape index (κ1) is 21.7. The minimum absolute atomic E-state index is 0.263. The van der Waals surface area contributed by atoms with Crippen LogP contribution in [-0.2, 0) is 11.3 Å². The van der Waals surface area contributed by atoms with Gasteiger partial charge in [0, 0.05) is 11.3 Å². The van der Waals surface area contributed by atoms with E-state index in [0.717, 1.165) is 11.1 Å². The number of fused-ring (bicyclic) bond motifs is 1. The number of halogens is 1. The van der Waals surface area contributed by atoms with Crippen LogP contribution in [0.3, 0.4) is 0 Å². The van der Waals surface area contributed by atoms with Crippen LogP contribution in [0.4, 0.5) is 10.1 Å². The SMILES string of the molecule is Cc1cccc(-c2noc(-c3sc4ncn(CC(=O)Nc5cccc(F)c5)c(=O)c4c3C)n2)c1. The molecule has 5 rings (SSSR count). The van der Waals surface area contributed by atoms with E-state index in [4.69, 9.17) is 4.52 Å². The summed E-state index contributed by atoms with van der Waals surface area (Å²) in [6.45, 7) is 3.50. The summed E-state index contributed by atoms with van der Waals surface area (Å²) in [4.78, 5) is 35.5. The number of amides is 1. The fourth-order valence-corrected chi connectivity index (χ4v) is 4.68. The predicted octanol–water partition coefficient (Wildman–Crippen LogP) is 4.57. The van der Waals surface area contributed by atoms with Crippen molar-refractivity contribution in [3.05, 3.63) is 82.2 Å². The van der Waals surface area contributed by atoms with Crippen molar-refractivity contribution < 1.29 is 13.7 Å². The van der Waals surface area contributed by atoms with Crippen molar-refractivity contribution in [1.82, 2.24) is 19.7 Å². The third-order valence-corrected chi connectivity index (χ3v) is 6.42. The molecule has 34 heavy (non-hydrogen) atoms. The molecule has 0 bridgehead atoms. The summed E-state index contributed by atoms with van der Waals surface area (Å²) in [5, 5.41) is 7.04. The zero-order valence-corrected chi connectivity index (χ0v) is 19.0. The fourth-order valence-electron chi connectivity index (χ4n) is 3.61. The zero-order chi connectivity index (χ0) is 23.8. The maximum absolute atomic E-state index is 13.4. The number of anilines is 1. The molecule has 10 heteroatoms. The Morgan fingerprint density at radius 1 is 1.18 bits per heavy atom. The molecule has 0 aliphatic rings. The molecular formula is C24H18FN5O3S. The second-order valence-electron chi connectivity index (χ2n) is 7.77. The van der Waals surface area contributed by atoms with E-state index < -0.39 is 11.7 Å². The van der Waals surface area contributed by atoms with Crippen LogP contribution in [0.2, 0.25) is 0 Å². The molecule has 170 valence electrons. The summed E-state index contributed by atoms with van der Waals surface area (Å²) in [5.74, 6) is -0.186. The normalized spacial score (nSPS) is 11.1. The predicted molar refractivity (Wildman–Crippen MR) is 127 cm³/mol. The first-order valence-corrected chi connectivity index (χ1v) is 11.2. The molecule has 0 unspecified atom stereocenters. The maximum Gasteiger partial charge on any atom is 0.268 e. The van der Waals surface area contributed by atoms with Gasteiger partial charge in [0.25, 0.3) is 11.4 Å². The van der Waals surface area contributed by atoms with E-state index in [1.807, 2.05) is 31.2 Å². The van der Waals surface area contributed by atoms with Gasteiger partial charge in [-0.05, 0) is 43.7 Å². The summed E-state index contributed by atoms with van der Waals surface area (Å²) >= 11 is 1.27. The Hall–Kier alpha value is -4.18. The summed E-state index contributed by atoms with van der Waals surface area (Å²) < 4.78 is 20.1. The number of benzene rings is 2. The molecule has 3 heterocycles. The summed E-state index contributed by atoms with van der Waals surface area (Å²) in [6, 6.07) is 13.3. The number of hydrogen-bond donors (Lipinski definition) is 1. The molecule has 0 radical (unpaired) electrons. The monoisotopic (exact) mass is 475 g/mol. The summed E-state index contributed by atoms with van der Waals surface area (Å²) in [5.41, 5.74) is 2.50. The Balaban J connectivity index is 1.44. The van der Waals surface area contributed by atoms with Gasteiger partial charge in [-0.15, -0.1) is 11.3 Å². The number of nitrogens with zero attached hydrogens (tertiary/aromatic N) is 4. The largest absolute Gasteiger partial charge is 0.333 e. The summed E-state index contributed by atoms with van der Waals surface area (Å²) in [6.07, 6.45) is 1.32. The van der Waals surface area contributed by atoms with Crippen LogP contribution >= 0.6 is 11.3 Å². The van der Waals surface area contributed by atoms with Gasteiger partial charge in [-0.1, -0.05) is 35.0 Å². The van der Waals surface area contributed by atoms with Gasteiger partial charge in [-0.25, -0.2) is 9.37 Å². The molecule has 3 aromatic heterocycles. The molecule has 0 atom stereocenters. The van der Waals surface area contributed by atoms with Gasteiger partial charge in [0.2, 0.25) is 11.7 Å². The van der Waals surface area contributed by atoms with Crippen LogP contribution in [0.25, 0.3) is 32.4 Å². The Morgan fingerprint density at radius 2 is 2.00 bits per heavy atom. The van der Waals surface area contributed by atoms with E-state index in [-0.39, 0.29) is 12.1 Å². The van der Waals surface area contributed by atoms with Crippen LogP contribution in [0.1, 0.15) is 11.1 Å². The van der Waals surface area contributed by atoms with Crippen molar-refractivity contribution >= 4 is 33.1 Å². The third kappa shape index (κ3) is 4.11. The van der Waals surface area contributed by atoms with Crippen molar-refractivity contribution in [3.63, 3.8) is 0 Å². The molecule has 1 amide bonds. The maximum atomic E-state index is 13.4. The van der Waals surface area contributed by atoms with Gasteiger partial charge >= 0.3 is 0 Å². The molecule has 0 saturated carbocycles. The Morgan fingerprint density at radius 3 is 2.79 bits per heavy atom. The lowest BCUT2D eigenvalue weighted by Crippen LogP contribution is -2.27. The van der Waals surface area contributed by atoms with Gasteiger partial charge in [0.1, 0.15) is 17.2 Å². The second kappa shape index (κ2) is 8.64. The van der Waals surface area contributed by atoms with Crippen molar-refractivity contribution in [2.24, 2.45) is 0 Å². The smallest absolute Gasteiger partial charge is 0.268 e. The van der Waals surface area contributed by atoms with Crippen LogP contribution in [0.15, 0.2) is 64.2 Å². The van der Waals surface area contributed by atoms with E-state index in [1.165, 1.54) is 40.4 Å². The van der Waals surface area contributed by atoms with Gasteiger partial charge in [0.15, 0.2) is 0 Å². The standard InChI is InChI=1S/C24H18FN5O3S/c1-13-5-3-6-15(9-13)21-28-22(33-29-21)20-14(2)19-23(34-20)26-12-30(24(19)32)11-18(31)27-17-8-4-7-16(25)10-17/h3-10,12H,11H2,1-2H3,(H,27,31). The van der Waals surface area contributed by atoms with Gasteiger partial charge in [-0.3, -0.25) is 14.2 Å². The Kier molecular flexibility index (Phi) is 5.50. The average molecular weight is 476 g/mol. The Labute approximate surface area is 196 Å². The number of nitrogens with one attached hydrogen (secondary N) is 1. The fraction of sp³-hybridized carbons (Fsp3) is 0.125. The zero-order valence-electron chi connectivity index (χ0n) is 18.2. The van der Waals surface area contributed by atoms with E-state index in [2.05, 4.69) is 20.4 Å². The molecule has 0 aliphatic carbocycles. The van der Waals surface area contributed by atoms with E-state index in [1.54, 1.807) is 13.0 Å². The third-order valence-electron chi connectivity index (χ3n) is 5.24. The average Bonchev–Trinajstić information content (AvgIpc) is 3.41. The molecule has 0 spiro atoms. The summed E-state index contributed by atoms with van der Waals surface area (Å²) in [7, 11) is 0. The van der Waals surface area contributed by atoms with Crippen molar-refractivity contribution in [1.29, 1.82) is 0 Å². The van der Waals surface area contributed by atoms with E-state index in [9.17, 15) is 14.0 Å². The number of rotatable bonds is 5. The van der Waals surface area contributed by atoms with Crippen molar-refractivity contribution in [2.45, 2.75) is 20.4 Å².